The second kappa shape index (κ2) is 11.1. The van der Waals surface area contributed by atoms with Gasteiger partial charge in [-0.3, -0.25) is 0 Å². The van der Waals surface area contributed by atoms with Crippen molar-refractivity contribution in [1.82, 2.24) is 19.9 Å². The number of fused-ring (bicyclic) bond motifs is 1. The van der Waals surface area contributed by atoms with Crippen molar-refractivity contribution in [1.29, 1.82) is 0 Å². The number of aliphatic hydroxyl groups is 1. The molecule has 4 aromatic rings. The second-order valence-corrected chi connectivity index (χ2v) is 8.03. The molecule has 7 nitrogen and oxygen atoms in total. The first kappa shape index (κ1) is 25.6. The quantitative estimate of drug-likeness (QED) is 0.307. The van der Waals surface area contributed by atoms with Gasteiger partial charge in [0.15, 0.2) is 5.65 Å². The molecule has 2 aromatic carbocycles. The Hall–Kier alpha value is -3.47. The smallest absolute Gasteiger partial charge is 0.416 e. The molecular formula is C26H27F3N4O3. The van der Waals surface area contributed by atoms with E-state index in [0.29, 0.717) is 53.7 Å². The van der Waals surface area contributed by atoms with Crippen molar-refractivity contribution in [2.24, 2.45) is 0 Å². The van der Waals surface area contributed by atoms with Crippen LogP contribution in [0.2, 0.25) is 0 Å². The maximum Gasteiger partial charge on any atom is 0.416 e. The molecule has 0 aliphatic rings. The van der Waals surface area contributed by atoms with Gasteiger partial charge in [-0.15, -0.1) is 0 Å². The van der Waals surface area contributed by atoms with Crippen LogP contribution in [0.15, 0.2) is 54.6 Å². The van der Waals surface area contributed by atoms with Gasteiger partial charge in [-0.1, -0.05) is 24.3 Å². The minimum Gasteiger partial charge on any atom is -0.497 e. The monoisotopic (exact) mass is 500 g/mol. The van der Waals surface area contributed by atoms with E-state index in [1.807, 2.05) is 31.2 Å². The Balaban J connectivity index is 1.96. The highest BCUT2D eigenvalue weighted by molar-refractivity contribution is 5.82. The second-order valence-electron chi connectivity index (χ2n) is 8.03. The molecule has 10 heteroatoms. The summed E-state index contributed by atoms with van der Waals surface area (Å²) in [4.78, 5) is 4.80. The normalized spacial score (nSPS) is 11.8. The topological polar surface area (TPSA) is 80.9 Å². The van der Waals surface area contributed by atoms with Crippen LogP contribution >= 0.6 is 0 Å². The third kappa shape index (κ3) is 5.51. The Morgan fingerprint density at radius 1 is 1.06 bits per heavy atom. The van der Waals surface area contributed by atoms with Gasteiger partial charge in [0.05, 0.1) is 48.5 Å². The molecule has 0 aliphatic heterocycles. The lowest BCUT2D eigenvalue weighted by atomic mass is 10.0. The third-order valence-electron chi connectivity index (χ3n) is 5.62. The summed E-state index contributed by atoms with van der Waals surface area (Å²) < 4.78 is 52.9. The fraction of sp³-hybridized carbons (Fsp3) is 0.308. The average molecular weight is 501 g/mol. The predicted octanol–water partition coefficient (Wildman–Crippen LogP) is 4.71. The maximum absolute atomic E-state index is 13.5. The maximum atomic E-state index is 13.5. The number of aromatic nitrogens is 3. The van der Waals surface area contributed by atoms with Crippen molar-refractivity contribution in [3.8, 4) is 28.1 Å². The van der Waals surface area contributed by atoms with Crippen molar-refractivity contribution in [3.63, 3.8) is 0 Å². The van der Waals surface area contributed by atoms with E-state index in [1.165, 1.54) is 6.07 Å². The fourth-order valence-electron chi connectivity index (χ4n) is 3.91. The number of alkyl halides is 3. The molecule has 0 unspecified atom stereocenters. The molecule has 0 atom stereocenters. The number of benzene rings is 2. The van der Waals surface area contributed by atoms with Crippen LogP contribution in [0.25, 0.3) is 28.0 Å². The molecule has 36 heavy (non-hydrogen) atoms. The average Bonchev–Trinajstić information content (AvgIpc) is 3.25. The molecule has 2 heterocycles. The van der Waals surface area contributed by atoms with E-state index < -0.39 is 11.7 Å². The Kier molecular flexibility index (Phi) is 7.88. The van der Waals surface area contributed by atoms with E-state index in [0.717, 1.165) is 23.3 Å². The number of rotatable bonds is 10. The zero-order valence-electron chi connectivity index (χ0n) is 20.0. The van der Waals surface area contributed by atoms with Crippen LogP contribution in [0.3, 0.4) is 0 Å². The lowest BCUT2D eigenvalue weighted by molar-refractivity contribution is -0.137. The first-order valence-electron chi connectivity index (χ1n) is 11.5. The zero-order chi connectivity index (χ0) is 25.7. The van der Waals surface area contributed by atoms with Crippen molar-refractivity contribution in [3.05, 3.63) is 71.5 Å². The molecule has 2 N–H and O–H groups in total. The number of hydrogen-bond donors (Lipinski definition) is 2. The van der Waals surface area contributed by atoms with Gasteiger partial charge >= 0.3 is 6.18 Å². The minimum absolute atomic E-state index is 0.0506. The highest BCUT2D eigenvalue weighted by atomic mass is 19.4. The summed E-state index contributed by atoms with van der Waals surface area (Å²) >= 11 is 0. The standard InChI is InChI=1S/C26H27F3N4O3/c1-3-36-16-22-24(17-7-9-21(35-2)10-8-17)25-31-20(15-30-11-12-34)14-23(33(25)32-22)18-5-4-6-19(13-18)26(27,28)29/h4-10,13-14,30,34H,3,11-12,15-16H2,1-2H3. The van der Waals surface area contributed by atoms with E-state index in [1.54, 1.807) is 23.8 Å². The molecule has 0 saturated carbocycles. The van der Waals surface area contributed by atoms with Gasteiger partial charge in [-0.2, -0.15) is 18.3 Å². The van der Waals surface area contributed by atoms with Gasteiger partial charge in [0.25, 0.3) is 0 Å². The lowest BCUT2D eigenvalue weighted by Gasteiger charge is -2.12. The molecule has 0 fully saturated rings. The van der Waals surface area contributed by atoms with E-state index in [-0.39, 0.29) is 13.2 Å². The molecule has 2 aromatic heterocycles. The highest BCUT2D eigenvalue weighted by Gasteiger charge is 2.31. The first-order valence-corrected chi connectivity index (χ1v) is 11.5. The molecule has 0 radical (unpaired) electrons. The summed E-state index contributed by atoms with van der Waals surface area (Å²) in [5.41, 5.74) is 3.32. The minimum atomic E-state index is -4.48. The number of ether oxygens (including phenoxy) is 2. The van der Waals surface area contributed by atoms with Crippen molar-refractivity contribution < 1.29 is 27.8 Å². The molecule has 0 saturated heterocycles. The summed E-state index contributed by atoms with van der Waals surface area (Å²) in [6.07, 6.45) is -4.48. The summed E-state index contributed by atoms with van der Waals surface area (Å²) in [7, 11) is 1.58. The van der Waals surface area contributed by atoms with Crippen LogP contribution in [-0.4, -0.2) is 46.6 Å². The van der Waals surface area contributed by atoms with Crippen LogP contribution in [0.4, 0.5) is 13.2 Å². The van der Waals surface area contributed by atoms with Crippen LogP contribution < -0.4 is 10.1 Å². The molecule has 0 spiro atoms. The Morgan fingerprint density at radius 2 is 1.83 bits per heavy atom. The van der Waals surface area contributed by atoms with E-state index in [4.69, 9.17) is 24.7 Å². The zero-order valence-corrected chi connectivity index (χ0v) is 20.0. The summed E-state index contributed by atoms with van der Waals surface area (Å²) in [5.74, 6) is 0.688. The SMILES string of the molecule is CCOCc1nn2c(-c3cccc(C(F)(F)F)c3)cc(CNCCO)nc2c1-c1ccc(OC)cc1. The van der Waals surface area contributed by atoms with Crippen LogP contribution in [-0.2, 0) is 24.1 Å². The summed E-state index contributed by atoms with van der Waals surface area (Å²) in [5, 5.41) is 17.0. The largest absolute Gasteiger partial charge is 0.497 e. The van der Waals surface area contributed by atoms with Gasteiger partial charge in [0.1, 0.15) is 5.75 Å². The van der Waals surface area contributed by atoms with Crippen molar-refractivity contribution in [2.75, 3.05) is 26.9 Å². The number of aliphatic hydroxyl groups excluding tert-OH is 1. The van der Waals surface area contributed by atoms with E-state index >= 15 is 0 Å². The Morgan fingerprint density at radius 3 is 2.50 bits per heavy atom. The number of halogens is 3. The van der Waals surface area contributed by atoms with Gasteiger partial charge in [0, 0.05) is 25.3 Å². The van der Waals surface area contributed by atoms with E-state index in [9.17, 15) is 13.2 Å². The number of nitrogens with one attached hydrogen (secondary N) is 1. The molecular weight excluding hydrogens is 473 g/mol. The van der Waals surface area contributed by atoms with Crippen LogP contribution in [0.5, 0.6) is 5.75 Å². The number of hydrogen-bond acceptors (Lipinski definition) is 6. The summed E-state index contributed by atoms with van der Waals surface area (Å²) in [6.45, 7) is 3.18. The lowest BCUT2D eigenvalue weighted by Crippen LogP contribution is -2.18. The number of nitrogens with zero attached hydrogens (tertiary/aromatic N) is 3. The van der Waals surface area contributed by atoms with Gasteiger partial charge in [0.2, 0.25) is 0 Å². The van der Waals surface area contributed by atoms with Crippen molar-refractivity contribution >= 4 is 5.65 Å². The molecule has 0 bridgehead atoms. The first-order chi connectivity index (χ1) is 17.4. The molecule has 0 amide bonds. The predicted molar refractivity (Wildman–Crippen MR) is 130 cm³/mol. The summed E-state index contributed by atoms with van der Waals surface area (Å²) in [6, 6.07) is 14.3. The third-order valence-corrected chi connectivity index (χ3v) is 5.62. The molecule has 0 aliphatic carbocycles. The van der Waals surface area contributed by atoms with E-state index in [2.05, 4.69) is 5.32 Å². The highest BCUT2D eigenvalue weighted by Crippen LogP contribution is 2.35. The van der Waals surface area contributed by atoms with Crippen molar-refractivity contribution in [2.45, 2.75) is 26.3 Å². The number of methoxy groups -OCH3 is 1. The Bertz CT molecular complexity index is 1320. The van der Waals surface area contributed by atoms with Gasteiger partial charge < -0.3 is 19.9 Å². The van der Waals surface area contributed by atoms with Crippen LogP contribution in [0.1, 0.15) is 23.9 Å². The van der Waals surface area contributed by atoms with Gasteiger partial charge in [-0.25, -0.2) is 9.50 Å². The van der Waals surface area contributed by atoms with Crippen LogP contribution in [0, 0.1) is 0 Å². The fourth-order valence-corrected chi connectivity index (χ4v) is 3.91. The van der Waals surface area contributed by atoms with Gasteiger partial charge in [-0.05, 0) is 42.8 Å². The molecule has 4 rings (SSSR count). The Labute approximate surface area is 206 Å². The molecule has 190 valence electrons.